The van der Waals surface area contributed by atoms with Gasteiger partial charge >= 0.3 is 0 Å². The van der Waals surface area contributed by atoms with Gasteiger partial charge in [0.1, 0.15) is 5.54 Å². The zero-order valence-electron chi connectivity index (χ0n) is 12.2. The molecule has 3 N–H and O–H groups in total. The van der Waals surface area contributed by atoms with E-state index in [4.69, 9.17) is 5.73 Å². The molecule has 0 fully saturated rings. The Labute approximate surface area is 136 Å². The van der Waals surface area contributed by atoms with Crippen molar-refractivity contribution in [3.05, 3.63) is 49.9 Å². The van der Waals surface area contributed by atoms with Gasteiger partial charge in [0.25, 0.3) is 0 Å². The van der Waals surface area contributed by atoms with Crippen molar-refractivity contribution in [2.24, 2.45) is 5.73 Å². The number of aryl methyl sites for hydroxylation is 2. The van der Waals surface area contributed by atoms with Crippen molar-refractivity contribution in [3.63, 3.8) is 0 Å². The number of carbonyl (C=O) groups is 1. The zero-order valence-corrected chi connectivity index (χ0v) is 14.6. The molecule has 0 bridgehead atoms. The molecule has 1 aromatic heterocycles. The third-order valence-electron chi connectivity index (χ3n) is 3.32. The third kappa shape index (κ3) is 3.70. The number of thiazole rings is 1. The Hall–Kier alpha value is -1.24. The highest BCUT2D eigenvalue weighted by Crippen LogP contribution is 2.22. The molecule has 0 aliphatic rings. The van der Waals surface area contributed by atoms with Crippen molar-refractivity contribution in [3.8, 4) is 0 Å². The predicted molar refractivity (Wildman–Crippen MR) is 89.1 cm³/mol. The van der Waals surface area contributed by atoms with E-state index in [-0.39, 0.29) is 5.91 Å². The van der Waals surface area contributed by atoms with Gasteiger partial charge in [-0.3, -0.25) is 4.79 Å². The van der Waals surface area contributed by atoms with Gasteiger partial charge in [-0.1, -0.05) is 28.1 Å². The number of halogens is 1. The molecule has 112 valence electrons. The first kappa shape index (κ1) is 16.1. The summed E-state index contributed by atoms with van der Waals surface area (Å²) in [6.07, 6.45) is 0. The molecule has 0 aliphatic heterocycles. The number of rotatable bonds is 4. The number of hydrogen-bond acceptors (Lipinski definition) is 4. The molecular formula is C15H18BrN3OS. The van der Waals surface area contributed by atoms with Crippen LogP contribution in [0.5, 0.6) is 0 Å². The maximum Gasteiger partial charge on any atom is 0.244 e. The Bertz CT molecular complexity index is 649. The highest BCUT2D eigenvalue weighted by Gasteiger charge is 2.30. The molecular weight excluding hydrogens is 350 g/mol. The lowest BCUT2D eigenvalue weighted by atomic mass is 9.92. The molecule has 4 nitrogen and oxygen atoms in total. The van der Waals surface area contributed by atoms with Crippen molar-refractivity contribution >= 4 is 33.2 Å². The maximum atomic E-state index is 12.4. The first-order valence-electron chi connectivity index (χ1n) is 6.57. The molecule has 1 aromatic carbocycles. The summed E-state index contributed by atoms with van der Waals surface area (Å²) in [6.45, 7) is 6.08. The number of nitrogens with zero attached hydrogens (tertiary/aromatic N) is 1. The molecule has 6 heteroatoms. The van der Waals surface area contributed by atoms with Crippen molar-refractivity contribution in [1.29, 1.82) is 0 Å². The summed E-state index contributed by atoms with van der Waals surface area (Å²) < 4.78 is 0.957. The smallest absolute Gasteiger partial charge is 0.244 e. The van der Waals surface area contributed by atoms with E-state index in [1.54, 1.807) is 18.3 Å². The molecule has 0 radical (unpaired) electrons. The van der Waals surface area contributed by atoms with Gasteiger partial charge in [-0.05, 0) is 38.5 Å². The summed E-state index contributed by atoms with van der Waals surface area (Å²) in [5.74, 6) is -0.199. The summed E-state index contributed by atoms with van der Waals surface area (Å²) in [4.78, 5) is 17.8. The normalized spacial score (nSPS) is 13.8. The van der Waals surface area contributed by atoms with Crippen molar-refractivity contribution < 1.29 is 4.79 Å². The Morgan fingerprint density at radius 3 is 2.52 bits per heavy atom. The van der Waals surface area contributed by atoms with Gasteiger partial charge in [0.2, 0.25) is 5.91 Å². The fraction of sp³-hybridized carbons (Fsp3) is 0.333. The highest BCUT2D eigenvalue weighted by atomic mass is 79.9. The lowest BCUT2D eigenvalue weighted by Crippen LogP contribution is -2.48. The van der Waals surface area contributed by atoms with Crippen LogP contribution in [0.4, 0.5) is 0 Å². The number of aromatic nitrogens is 1. The van der Waals surface area contributed by atoms with Crippen LogP contribution < -0.4 is 11.1 Å². The maximum absolute atomic E-state index is 12.4. The van der Waals surface area contributed by atoms with E-state index in [0.717, 1.165) is 25.6 Å². The lowest BCUT2D eigenvalue weighted by Gasteiger charge is -2.24. The topological polar surface area (TPSA) is 68.0 Å². The number of hydrogen-bond donors (Lipinski definition) is 2. The summed E-state index contributed by atoms with van der Waals surface area (Å²) >= 11 is 4.97. The number of amides is 1. The van der Waals surface area contributed by atoms with Crippen molar-refractivity contribution in [2.75, 3.05) is 0 Å². The highest BCUT2D eigenvalue weighted by molar-refractivity contribution is 9.10. The molecule has 0 saturated carbocycles. The average molecular weight is 368 g/mol. The second-order valence-electron chi connectivity index (χ2n) is 5.13. The first-order valence-corrected chi connectivity index (χ1v) is 8.18. The van der Waals surface area contributed by atoms with Crippen LogP contribution in [0.15, 0.2) is 28.7 Å². The van der Waals surface area contributed by atoms with Gasteiger partial charge in [0.15, 0.2) is 0 Å². The van der Waals surface area contributed by atoms with Crippen LogP contribution in [0, 0.1) is 13.8 Å². The minimum atomic E-state index is -1.06. The molecule has 21 heavy (non-hydrogen) atoms. The van der Waals surface area contributed by atoms with E-state index in [1.807, 2.05) is 38.1 Å². The van der Waals surface area contributed by atoms with Crippen molar-refractivity contribution in [2.45, 2.75) is 32.9 Å². The van der Waals surface area contributed by atoms with E-state index in [2.05, 4.69) is 26.2 Å². The summed E-state index contributed by atoms with van der Waals surface area (Å²) in [7, 11) is 0. The molecule has 0 spiro atoms. The van der Waals surface area contributed by atoms with E-state index in [9.17, 15) is 4.79 Å². The largest absolute Gasteiger partial charge is 0.349 e. The molecule has 0 saturated heterocycles. The van der Waals surface area contributed by atoms with E-state index < -0.39 is 5.54 Å². The van der Waals surface area contributed by atoms with Crippen LogP contribution in [0.25, 0.3) is 0 Å². The van der Waals surface area contributed by atoms with Crippen LogP contribution in [0.1, 0.15) is 28.1 Å². The summed E-state index contributed by atoms with van der Waals surface area (Å²) in [5, 5.41) is 3.90. The predicted octanol–water partition coefficient (Wildman–Crippen LogP) is 3.01. The van der Waals surface area contributed by atoms with Gasteiger partial charge in [0.05, 0.1) is 17.2 Å². The molecule has 2 aromatic rings. The van der Waals surface area contributed by atoms with Crippen LogP contribution in [0.2, 0.25) is 0 Å². The summed E-state index contributed by atoms with van der Waals surface area (Å²) in [6, 6.07) is 7.46. The van der Waals surface area contributed by atoms with Gasteiger partial charge in [-0.2, -0.15) is 0 Å². The fourth-order valence-corrected chi connectivity index (χ4v) is 3.15. The molecule has 0 aliphatic carbocycles. The molecule has 1 unspecified atom stereocenters. The third-order valence-corrected chi connectivity index (χ3v) is 4.93. The number of nitrogens with two attached hydrogens (primary N) is 1. The van der Waals surface area contributed by atoms with Crippen molar-refractivity contribution in [1.82, 2.24) is 10.3 Å². The quantitative estimate of drug-likeness (QED) is 0.872. The minimum absolute atomic E-state index is 0.199. The minimum Gasteiger partial charge on any atom is -0.349 e. The van der Waals surface area contributed by atoms with Crippen LogP contribution in [-0.2, 0) is 16.9 Å². The Morgan fingerprint density at radius 2 is 2.00 bits per heavy atom. The fourth-order valence-electron chi connectivity index (χ4n) is 2.01. The van der Waals surface area contributed by atoms with Gasteiger partial charge in [-0.15, -0.1) is 11.3 Å². The van der Waals surface area contributed by atoms with E-state index in [0.29, 0.717) is 6.54 Å². The summed E-state index contributed by atoms with van der Waals surface area (Å²) in [5.41, 5.74) is 6.87. The molecule has 1 heterocycles. The molecule has 2 rings (SSSR count). The zero-order chi connectivity index (χ0) is 15.6. The van der Waals surface area contributed by atoms with Gasteiger partial charge in [-0.25, -0.2) is 4.98 Å². The number of carbonyl (C=O) groups excluding carboxylic acids is 1. The Morgan fingerprint density at radius 1 is 1.38 bits per heavy atom. The number of benzene rings is 1. The molecule has 1 atom stereocenters. The van der Waals surface area contributed by atoms with E-state index >= 15 is 0 Å². The Kier molecular flexibility index (Phi) is 4.81. The first-order chi connectivity index (χ1) is 9.80. The van der Waals surface area contributed by atoms with Crippen LogP contribution in [-0.4, -0.2) is 10.9 Å². The van der Waals surface area contributed by atoms with E-state index in [1.165, 1.54) is 0 Å². The second kappa shape index (κ2) is 6.25. The standard InChI is InChI=1S/C15H18BrN3OS/c1-9-13(21-10(2)19-9)8-18-14(20)15(3,17)11-4-6-12(16)7-5-11/h4-7H,8,17H2,1-3H3,(H,18,20). The van der Waals surface area contributed by atoms with Gasteiger partial charge in [0, 0.05) is 9.35 Å². The number of nitrogens with one attached hydrogen (secondary N) is 1. The average Bonchev–Trinajstić information content (AvgIpc) is 2.74. The monoisotopic (exact) mass is 367 g/mol. The van der Waals surface area contributed by atoms with Crippen LogP contribution >= 0.6 is 27.3 Å². The SMILES string of the molecule is Cc1nc(C)c(CNC(=O)C(C)(N)c2ccc(Br)cc2)s1. The molecule has 1 amide bonds. The second-order valence-corrected chi connectivity index (χ2v) is 7.34. The Balaban J connectivity index is 2.08. The lowest BCUT2D eigenvalue weighted by molar-refractivity contribution is -0.126. The van der Waals surface area contributed by atoms with Crippen LogP contribution in [0.3, 0.4) is 0 Å². The van der Waals surface area contributed by atoms with Gasteiger partial charge < -0.3 is 11.1 Å².